The highest BCUT2D eigenvalue weighted by molar-refractivity contribution is 7.81. The maximum atomic E-state index is 12.2. The molecule has 17 heavy (non-hydrogen) atoms. The number of nitrogens with zero attached hydrogens (tertiary/aromatic N) is 3. The van der Waals surface area contributed by atoms with Gasteiger partial charge in [-0.1, -0.05) is 3.89 Å². The Morgan fingerprint density at radius 2 is 1.94 bits per heavy atom. The molecule has 90 valence electrons. The highest BCUT2D eigenvalue weighted by Crippen LogP contribution is 2.16. The smallest absolute Gasteiger partial charge is 0.366 e. The largest absolute Gasteiger partial charge is 0.488 e. The van der Waals surface area contributed by atoms with E-state index in [9.17, 15) is 12.3 Å². The first-order valence-electron chi connectivity index (χ1n) is 4.36. The van der Waals surface area contributed by atoms with Gasteiger partial charge in [0.2, 0.25) is 5.95 Å². The van der Waals surface area contributed by atoms with E-state index in [2.05, 4.69) is 14.3 Å². The number of nitrogens with two attached hydrogens (primary N) is 1. The maximum Gasteiger partial charge on any atom is 0.488 e. The third-order valence-corrected chi connectivity index (χ3v) is 2.20. The predicted molar refractivity (Wildman–Crippen MR) is 56.4 cm³/mol. The Morgan fingerprint density at radius 1 is 1.29 bits per heavy atom. The molecule has 0 aliphatic heterocycles. The molecular formula is C8H7FN4O3S. The zero-order valence-electron chi connectivity index (χ0n) is 8.32. The number of hydrogen-bond donors (Lipinski definition) is 1. The van der Waals surface area contributed by atoms with Crippen molar-refractivity contribution in [1.82, 2.24) is 14.8 Å². The molecule has 1 heterocycles. The second-order valence-corrected chi connectivity index (χ2v) is 3.97. The third-order valence-electron chi connectivity index (χ3n) is 1.81. The Labute approximate surface area is 96.1 Å². The van der Waals surface area contributed by atoms with Crippen LogP contribution >= 0.6 is 0 Å². The van der Waals surface area contributed by atoms with Crippen LogP contribution in [0.15, 0.2) is 30.6 Å². The molecule has 0 unspecified atom stereocenters. The number of halogens is 1. The molecule has 0 saturated carbocycles. The van der Waals surface area contributed by atoms with Crippen LogP contribution in [0.4, 0.5) is 9.83 Å². The first kappa shape index (κ1) is 11.3. The topological polar surface area (TPSA) is 100 Å². The highest BCUT2D eigenvalue weighted by Gasteiger charge is 2.09. The minimum atomic E-state index is -5.01. The van der Waals surface area contributed by atoms with Crippen molar-refractivity contribution in [2.24, 2.45) is 0 Å². The molecule has 2 aromatic rings. The lowest BCUT2D eigenvalue weighted by atomic mass is 10.3. The lowest BCUT2D eigenvalue weighted by molar-refractivity contribution is 0.440. The Balaban J connectivity index is 2.24. The molecule has 0 bridgehead atoms. The van der Waals surface area contributed by atoms with E-state index in [-0.39, 0.29) is 11.7 Å². The monoisotopic (exact) mass is 258 g/mol. The van der Waals surface area contributed by atoms with Gasteiger partial charge in [0.15, 0.2) is 0 Å². The van der Waals surface area contributed by atoms with Crippen LogP contribution in [-0.2, 0) is 10.5 Å². The molecule has 0 atom stereocenters. The fraction of sp³-hybridized carbons (Fsp3) is 0. The number of nitrogen functional groups attached to an aromatic ring is 1. The minimum Gasteiger partial charge on any atom is -0.366 e. The number of benzene rings is 1. The van der Waals surface area contributed by atoms with Crippen molar-refractivity contribution in [2.45, 2.75) is 0 Å². The molecule has 0 radical (unpaired) electrons. The van der Waals surface area contributed by atoms with Gasteiger partial charge in [0.25, 0.3) is 0 Å². The van der Waals surface area contributed by atoms with E-state index in [0.717, 1.165) is 0 Å². The Bertz CT molecular complexity index is 622. The minimum absolute atomic E-state index is 0.108. The van der Waals surface area contributed by atoms with Gasteiger partial charge >= 0.3 is 10.5 Å². The summed E-state index contributed by atoms with van der Waals surface area (Å²) in [7, 11) is -5.01. The molecule has 0 spiro atoms. The van der Waals surface area contributed by atoms with Crippen molar-refractivity contribution in [3.63, 3.8) is 0 Å². The summed E-state index contributed by atoms with van der Waals surface area (Å²) in [6.07, 6.45) is 1.39. The van der Waals surface area contributed by atoms with Crippen molar-refractivity contribution < 1.29 is 16.5 Å². The van der Waals surface area contributed by atoms with Crippen LogP contribution in [-0.4, -0.2) is 23.2 Å². The van der Waals surface area contributed by atoms with Gasteiger partial charge in [0.1, 0.15) is 12.1 Å². The molecule has 0 aliphatic carbocycles. The lowest BCUT2D eigenvalue weighted by Crippen LogP contribution is -2.01. The SMILES string of the molecule is Nc1ncn(-c2ccc(OS(=O)(=O)F)cc2)n1. The normalized spacial score (nSPS) is 11.4. The fourth-order valence-electron chi connectivity index (χ4n) is 1.17. The zero-order chi connectivity index (χ0) is 12.5. The third kappa shape index (κ3) is 2.91. The van der Waals surface area contributed by atoms with Crippen LogP contribution in [0.1, 0.15) is 0 Å². The van der Waals surface area contributed by atoms with Crippen LogP contribution in [0.5, 0.6) is 5.75 Å². The number of rotatable bonds is 3. The molecule has 2 rings (SSSR count). The van der Waals surface area contributed by atoms with Gasteiger partial charge in [-0.3, -0.25) is 0 Å². The van der Waals surface area contributed by atoms with E-state index >= 15 is 0 Å². The molecule has 9 heteroatoms. The summed E-state index contributed by atoms with van der Waals surface area (Å²) in [5.74, 6) is -0.0269. The lowest BCUT2D eigenvalue weighted by Gasteiger charge is -2.02. The molecule has 1 aromatic heterocycles. The van der Waals surface area contributed by atoms with Crippen molar-refractivity contribution in [3.05, 3.63) is 30.6 Å². The summed E-state index contributed by atoms with van der Waals surface area (Å²) in [5, 5.41) is 3.84. The van der Waals surface area contributed by atoms with Crippen molar-refractivity contribution in [3.8, 4) is 11.4 Å². The summed E-state index contributed by atoms with van der Waals surface area (Å²) < 4.78 is 38.1. The van der Waals surface area contributed by atoms with Gasteiger partial charge in [-0.25, -0.2) is 9.67 Å². The van der Waals surface area contributed by atoms with Crippen LogP contribution in [0.25, 0.3) is 5.69 Å². The molecule has 0 aliphatic rings. The van der Waals surface area contributed by atoms with E-state index in [0.29, 0.717) is 5.69 Å². The summed E-state index contributed by atoms with van der Waals surface area (Å²) in [5.41, 5.74) is 5.91. The maximum absolute atomic E-state index is 12.2. The number of aromatic nitrogens is 3. The van der Waals surface area contributed by atoms with Gasteiger partial charge in [0, 0.05) is 0 Å². The summed E-state index contributed by atoms with van der Waals surface area (Å²) in [6.45, 7) is 0. The highest BCUT2D eigenvalue weighted by atomic mass is 32.3. The second-order valence-electron chi connectivity index (χ2n) is 3.02. The van der Waals surface area contributed by atoms with E-state index < -0.39 is 10.5 Å². The molecule has 0 amide bonds. The zero-order valence-corrected chi connectivity index (χ0v) is 9.13. The standard InChI is InChI=1S/C8H7FN4O3S/c9-17(14,15)16-7-3-1-6(2-4-7)13-5-11-8(10)12-13/h1-5H,(H2,10,12). The quantitative estimate of drug-likeness (QED) is 0.802. The van der Waals surface area contributed by atoms with Crippen molar-refractivity contribution in [1.29, 1.82) is 0 Å². The Hall–Kier alpha value is -2.16. The molecule has 0 fully saturated rings. The average Bonchev–Trinajstić information content (AvgIpc) is 2.63. The van der Waals surface area contributed by atoms with E-state index in [1.165, 1.54) is 35.3 Å². The fourth-order valence-corrected chi connectivity index (χ4v) is 1.51. The average molecular weight is 258 g/mol. The van der Waals surface area contributed by atoms with Gasteiger partial charge in [-0.05, 0) is 24.3 Å². The molecular weight excluding hydrogens is 251 g/mol. The van der Waals surface area contributed by atoms with Gasteiger partial charge < -0.3 is 9.92 Å². The Kier molecular flexibility index (Phi) is 2.68. The van der Waals surface area contributed by atoms with E-state index in [1.807, 2.05) is 0 Å². The molecule has 7 nitrogen and oxygen atoms in total. The van der Waals surface area contributed by atoms with Crippen LogP contribution < -0.4 is 9.92 Å². The molecule has 2 N–H and O–H groups in total. The van der Waals surface area contributed by atoms with Gasteiger partial charge in [0.05, 0.1) is 5.69 Å². The number of hydrogen-bond acceptors (Lipinski definition) is 6. The van der Waals surface area contributed by atoms with Crippen molar-refractivity contribution >= 4 is 16.5 Å². The van der Waals surface area contributed by atoms with E-state index in [1.54, 1.807) is 0 Å². The summed E-state index contributed by atoms with van der Waals surface area (Å²) >= 11 is 0. The molecule has 0 saturated heterocycles. The molecule has 1 aromatic carbocycles. The van der Waals surface area contributed by atoms with Gasteiger partial charge in [-0.15, -0.1) is 5.10 Å². The predicted octanol–water partition coefficient (Wildman–Crippen LogP) is 0.443. The van der Waals surface area contributed by atoms with Crippen LogP contribution in [0.3, 0.4) is 0 Å². The second kappa shape index (κ2) is 4.01. The van der Waals surface area contributed by atoms with Gasteiger partial charge in [-0.2, -0.15) is 8.42 Å². The Morgan fingerprint density at radius 3 is 2.41 bits per heavy atom. The summed E-state index contributed by atoms with van der Waals surface area (Å²) in [4.78, 5) is 3.72. The first-order valence-corrected chi connectivity index (χ1v) is 5.66. The van der Waals surface area contributed by atoms with E-state index in [4.69, 9.17) is 5.73 Å². The first-order chi connectivity index (χ1) is 7.94. The number of anilines is 1. The van der Waals surface area contributed by atoms with Crippen molar-refractivity contribution in [2.75, 3.05) is 5.73 Å². The van der Waals surface area contributed by atoms with Crippen LogP contribution in [0, 0.1) is 0 Å². The van der Waals surface area contributed by atoms with Crippen LogP contribution in [0.2, 0.25) is 0 Å². The summed E-state index contributed by atoms with van der Waals surface area (Å²) in [6, 6.07) is 5.53.